The maximum Gasteiger partial charge on any atom is 0.191 e. The number of ether oxygens (including phenoxy) is 1. The first-order valence-electron chi connectivity index (χ1n) is 7.04. The molecule has 0 saturated carbocycles. The molecule has 4 nitrogen and oxygen atoms in total. The van der Waals surface area contributed by atoms with Crippen molar-refractivity contribution in [1.29, 1.82) is 0 Å². The van der Waals surface area contributed by atoms with Gasteiger partial charge in [-0.05, 0) is 38.0 Å². The van der Waals surface area contributed by atoms with Gasteiger partial charge in [0, 0.05) is 13.1 Å². The van der Waals surface area contributed by atoms with Crippen LogP contribution in [0.5, 0.6) is 5.75 Å². The molecule has 0 spiro atoms. The van der Waals surface area contributed by atoms with Gasteiger partial charge in [-0.25, -0.2) is 4.99 Å². The summed E-state index contributed by atoms with van der Waals surface area (Å²) in [6.45, 7) is 9.34. The van der Waals surface area contributed by atoms with Crippen LogP contribution in [0.15, 0.2) is 29.3 Å². The van der Waals surface area contributed by atoms with Crippen LogP contribution in [0, 0.1) is 0 Å². The molecule has 0 saturated heterocycles. The lowest BCUT2D eigenvalue weighted by Gasteiger charge is -2.10. The highest BCUT2D eigenvalue weighted by atomic mass is 16.5. The molecule has 0 bridgehead atoms. The number of hydrogen-bond acceptors (Lipinski definition) is 2. The quantitative estimate of drug-likeness (QED) is 0.587. The van der Waals surface area contributed by atoms with Crippen LogP contribution < -0.4 is 15.4 Å². The minimum atomic E-state index is 0.653. The van der Waals surface area contributed by atoms with Crippen molar-refractivity contribution in [3.05, 3.63) is 29.8 Å². The highest BCUT2D eigenvalue weighted by molar-refractivity contribution is 5.79. The van der Waals surface area contributed by atoms with Crippen molar-refractivity contribution in [3.63, 3.8) is 0 Å². The summed E-state index contributed by atoms with van der Waals surface area (Å²) in [5.74, 6) is 1.77. The second-order valence-electron chi connectivity index (χ2n) is 4.20. The van der Waals surface area contributed by atoms with Crippen LogP contribution in [0.4, 0.5) is 0 Å². The lowest BCUT2D eigenvalue weighted by molar-refractivity contribution is 0.340. The minimum Gasteiger partial charge on any atom is -0.494 e. The maximum atomic E-state index is 5.49. The van der Waals surface area contributed by atoms with Gasteiger partial charge in [-0.1, -0.05) is 19.1 Å². The molecule has 106 valence electrons. The van der Waals surface area contributed by atoms with E-state index in [9.17, 15) is 0 Å². The Kier molecular flexibility index (Phi) is 7.47. The second-order valence-corrected chi connectivity index (χ2v) is 4.20. The third kappa shape index (κ3) is 6.13. The number of nitrogens with one attached hydrogen (secondary N) is 2. The number of hydrogen-bond donors (Lipinski definition) is 2. The average molecular weight is 263 g/mol. The van der Waals surface area contributed by atoms with Gasteiger partial charge in [0.25, 0.3) is 0 Å². The number of nitrogens with zero attached hydrogens (tertiary/aromatic N) is 1. The Morgan fingerprint density at radius 2 is 2.05 bits per heavy atom. The largest absolute Gasteiger partial charge is 0.494 e. The molecule has 1 rings (SSSR count). The summed E-state index contributed by atoms with van der Waals surface area (Å²) in [6, 6.07) is 8.07. The van der Waals surface area contributed by atoms with Crippen LogP contribution >= 0.6 is 0 Å². The normalized spacial score (nSPS) is 11.2. The number of guanidine groups is 1. The summed E-state index contributed by atoms with van der Waals surface area (Å²) in [6.07, 6.45) is 1.09. The molecule has 0 aliphatic carbocycles. The zero-order valence-corrected chi connectivity index (χ0v) is 12.2. The highest BCUT2D eigenvalue weighted by Gasteiger charge is 1.98. The first kappa shape index (κ1) is 15.3. The fourth-order valence-corrected chi connectivity index (χ4v) is 1.66. The Hall–Kier alpha value is -1.71. The van der Waals surface area contributed by atoms with Gasteiger partial charge in [-0.15, -0.1) is 0 Å². The van der Waals surface area contributed by atoms with Crippen molar-refractivity contribution in [2.45, 2.75) is 33.7 Å². The molecule has 0 aliphatic heterocycles. The number of rotatable bonds is 7. The first-order chi connectivity index (χ1) is 9.30. The van der Waals surface area contributed by atoms with E-state index in [0.29, 0.717) is 13.2 Å². The van der Waals surface area contributed by atoms with Gasteiger partial charge in [0.1, 0.15) is 5.75 Å². The van der Waals surface area contributed by atoms with Crippen LogP contribution in [-0.4, -0.2) is 25.7 Å². The lowest BCUT2D eigenvalue weighted by atomic mass is 10.2. The van der Waals surface area contributed by atoms with Crippen molar-refractivity contribution >= 4 is 5.96 Å². The van der Waals surface area contributed by atoms with Crippen molar-refractivity contribution in [1.82, 2.24) is 10.6 Å². The van der Waals surface area contributed by atoms with E-state index < -0.39 is 0 Å². The Morgan fingerprint density at radius 3 is 2.74 bits per heavy atom. The van der Waals surface area contributed by atoms with E-state index >= 15 is 0 Å². The fraction of sp³-hybridized carbons (Fsp3) is 0.533. The maximum absolute atomic E-state index is 5.49. The zero-order chi connectivity index (χ0) is 13.9. The molecule has 0 unspecified atom stereocenters. The van der Waals surface area contributed by atoms with E-state index in [1.807, 2.05) is 25.1 Å². The summed E-state index contributed by atoms with van der Waals surface area (Å²) >= 11 is 0. The lowest BCUT2D eigenvalue weighted by Crippen LogP contribution is -2.37. The van der Waals surface area contributed by atoms with Crippen LogP contribution in [0.1, 0.15) is 32.8 Å². The van der Waals surface area contributed by atoms with Crippen LogP contribution in [0.25, 0.3) is 0 Å². The predicted molar refractivity (Wildman–Crippen MR) is 80.7 cm³/mol. The zero-order valence-electron chi connectivity index (χ0n) is 12.2. The molecule has 19 heavy (non-hydrogen) atoms. The van der Waals surface area contributed by atoms with Crippen molar-refractivity contribution < 1.29 is 4.74 Å². The predicted octanol–water partition coefficient (Wildman–Crippen LogP) is 2.55. The highest BCUT2D eigenvalue weighted by Crippen LogP contribution is 2.13. The van der Waals surface area contributed by atoms with Gasteiger partial charge < -0.3 is 15.4 Å². The smallest absolute Gasteiger partial charge is 0.191 e. The van der Waals surface area contributed by atoms with Gasteiger partial charge in [0.05, 0.1) is 13.2 Å². The molecule has 0 amide bonds. The summed E-state index contributed by atoms with van der Waals surface area (Å²) in [7, 11) is 0. The Balaban J connectivity index is 2.62. The minimum absolute atomic E-state index is 0.653. The van der Waals surface area contributed by atoms with Crippen molar-refractivity contribution in [3.8, 4) is 5.75 Å². The molecular formula is C15H25N3O. The summed E-state index contributed by atoms with van der Waals surface area (Å²) in [4.78, 5) is 4.56. The van der Waals surface area contributed by atoms with E-state index in [4.69, 9.17) is 4.74 Å². The van der Waals surface area contributed by atoms with Gasteiger partial charge in [-0.3, -0.25) is 0 Å². The van der Waals surface area contributed by atoms with E-state index in [1.165, 1.54) is 0 Å². The molecule has 0 atom stereocenters. The number of benzene rings is 1. The summed E-state index contributed by atoms with van der Waals surface area (Å²) < 4.78 is 5.49. The summed E-state index contributed by atoms with van der Waals surface area (Å²) in [5.41, 5.74) is 1.15. The van der Waals surface area contributed by atoms with E-state index in [2.05, 4.69) is 35.5 Å². The van der Waals surface area contributed by atoms with Crippen LogP contribution in [0.3, 0.4) is 0 Å². The third-order valence-corrected chi connectivity index (χ3v) is 2.52. The van der Waals surface area contributed by atoms with Gasteiger partial charge in [0.2, 0.25) is 0 Å². The molecule has 0 aliphatic rings. The summed E-state index contributed by atoms with van der Waals surface area (Å²) in [5, 5.41) is 6.52. The first-order valence-corrected chi connectivity index (χ1v) is 7.04. The van der Waals surface area contributed by atoms with Crippen molar-refractivity contribution in [2.75, 3.05) is 19.7 Å². The van der Waals surface area contributed by atoms with Gasteiger partial charge >= 0.3 is 0 Å². The molecule has 0 radical (unpaired) electrons. The van der Waals surface area contributed by atoms with E-state index in [0.717, 1.165) is 36.8 Å². The molecule has 4 heteroatoms. The monoisotopic (exact) mass is 263 g/mol. The number of aliphatic imine (C=N–C) groups is 1. The second kappa shape index (κ2) is 9.25. The molecular weight excluding hydrogens is 238 g/mol. The van der Waals surface area contributed by atoms with E-state index in [1.54, 1.807) is 0 Å². The topological polar surface area (TPSA) is 45.7 Å². The molecule has 0 fully saturated rings. The average Bonchev–Trinajstić information content (AvgIpc) is 2.43. The Morgan fingerprint density at radius 1 is 1.21 bits per heavy atom. The van der Waals surface area contributed by atoms with Crippen LogP contribution in [-0.2, 0) is 6.54 Å². The third-order valence-electron chi connectivity index (χ3n) is 2.52. The molecule has 1 aromatic rings. The fourth-order valence-electron chi connectivity index (χ4n) is 1.66. The SMILES string of the molecule is CCCNC(=NCc1cccc(OCC)c1)NCC. The van der Waals surface area contributed by atoms with Gasteiger partial charge in [-0.2, -0.15) is 0 Å². The standard InChI is InChI=1S/C15H25N3O/c1-4-10-17-15(16-5-2)18-12-13-8-7-9-14(11-13)19-6-3/h7-9,11H,4-6,10,12H2,1-3H3,(H2,16,17,18). The van der Waals surface area contributed by atoms with Gasteiger partial charge in [0.15, 0.2) is 5.96 Å². The molecule has 1 aromatic carbocycles. The Labute approximate surface area is 116 Å². The van der Waals surface area contributed by atoms with Crippen LogP contribution in [0.2, 0.25) is 0 Å². The van der Waals surface area contributed by atoms with Crippen molar-refractivity contribution in [2.24, 2.45) is 4.99 Å². The molecule has 0 aromatic heterocycles. The van der Waals surface area contributed by atoms with E-state index in [-0.39, 0.29) is 0 Å². The molecule has 2 N–H and O–H groups in total. The Bertz CT molecular complexity index is 391. The molecule has 0 heterocycles.